The van der Waals surface area contributed by atoms with Gasteiger partial charge < -0.3 is 0 Å². The third-order valence-electron chi connectivity index (χ3n) is 4.67. The van der Waals surface area contributed by atoms with E-state index in [-0.39, 0.29) is 5.78 Å². The predicted molar refractivity (Wildman–Crippen MR) is 92.4 cm³/mol. The Kier molecular flexibility index (Phi) is 5.28. The van der Waals surface area contributed by atoms with Gasteiger partial charge in [0.15, 0.2) is 5.78 Å². The molecular weight excluding hydrogens is 312 g/mol. The summed E-state index contributed by atoms with van der Waals surface area (Å²) in [6.07, 6.45) is 1.26. The zero-order valence-corrected chi connectivity index (χ0v) is 15.5. The van der Waals surface area contributed by atoms with Gasteiger partial charge >= 0.3 is 0 Å². The molecule has 2 rings (SSSR count). The molecule has 0 atom stereocenters. The molecule has 0 spiro atoms. The first-order valence-electron chi connectivity index (χ1n) is 7.89. The average molecular weight is 338 g/mol. The maximum absolute atomic E-state index is 11.9. The molecule has 1 saturated heterocycles. The fourth-order valence-corrected chi connectivity index (χ4v) is 4.28. The smallest absolute Gasteiger partial charge is 0.211 e. The van der Waals surface area contributed by atoms with E-state index in [9.17, 15) is 13.2 Å². The fourth-order valence-electron chi connectivity index (χ4n) is 3.45. The summed E-state index contributed by atoms with van der Waals surface area (Å²) in [6, 6.07) is 2.08. The fraction of sp³-hybridized carbons (Fsp3) is 0.588. The Morgan fingerprint density at radius 1 is 1.09 bits per heavy atom. The van der Waals surface area contributed by atoms with Crippen LogP contribution in [0, 0.1) is 20.8 Å². The topological polar surface area (TPSA) is 57.7 Å². The second-order valence-electron chi connectivity index (χ2n) is 6.48. The summed E-state index contributed by atoms with van der Waals surface area (Å²) in [5.74, 6) is 0.100. The van der Waals surface area contributed by atoms with Crippen molar-refractivity contribution in [1.82, 2.24) is 9.21 Å². The van der Waals surface area contributed by atoms with E-state index >= 15 is 0 Å². The summed E-state index contributed by atoms with van der Waals surface area (Å²) in [6.45, 7) is 10.9. The largest absolute Gasteiger partial charge is 0.296 e. The molecule has 0 bridgehead atoms. The van der Waals surface area contributed by atoms with Crippen molar-refractivity contribution in [3.05, 3.63) is 33.9 Å². The number of benzene rings is 1. The predicted octanol–water partition coefficient (Wildman–Crippen LogP) is 1.89. The molecule has 1 aliphatic rings. The summed E-state index contributed by atoms with van der Waals surface area (Å²) in [4.78, 5) is 14.2. The molecule has 0 saturated carbocycles. The van der Waals surface area contributed by atoms with Crippen LogP contribution in [0.5, 0.6) is 0 Å². The zero-order chi connectivity index (χ0) is 17.4. The molecule has 1 heterocycles. The van der Waals surface area contributed by atoms with Gasteiger partial charge in [0.2, 0.25) is 10.0 Å². The monoisotopic (exact) mass is 338 g/mol. The number of carbonyl (C=O) groups is 1. The van der Waals surface area contributed by atoms with Crippen LogP contribution in [0.15, 0.2) is 6.07 Å². The molecule has 0 aromatic heterocycles. The molecule has 128 valence electrons. The van der Waals surface area contributed by atoms with Crippen LogP contribution in [-0.2, 0) is 16.6 Å². The number of sulfonamides is 1. The van der Waals surface area contributed by atoms with Crippen LogP contribution in [0.4, 0.5) is 0 Å². The van der Waals surface area contributed by atoms with Gasteiger partial charge in [-0.1, -0.05) is 6.07 Å². The maximum atomic E-state index is 11.9. The summed E-state index contributed by atoms with van der Waals surface area (Å²) in [5, 5.41) is 0. The van der Waals surface area contributed by atoms with E-state index in [0.717, 1.165) is 36.3 Å². The molecule has 5 nitrogen and oxygen atoms in total. The summed E-state index contributed by atoms with van der Waals surface area (Å²) >= 11 is 0. The van der Waals surface area contributed by atoms with E-state index in [4.69, 9.17) is 0 Å². The van der Waals surface area contributed by atoms with Crippen LogP contribution < -0.4 is 0 Å². The van der Waals surface area contributed by atoms with Gasteiger partial charge in [0.05, 0.1) is 6.26 Å². The Labute approximate surface area is 139 Å². The van der Waals surface area contributed by atoms with Crippen LogP contribution in [-0.4, -0.2) is 55.8 Å². The van der Waals surface area contributed by atoms with Gasteiger partial charge in [0.25, 0.3) is 0 Å². The molecular formula is C17H26N2O3S. The number of carbonyl (C=O) groups excluding carboxylic acids is 1. The van der Waals surface area contributed by atoms with Crippen molar-refractivity contribution in [2.75, 3.05) is 32.4 Å². The Bertz CT molecular complexity index is 718. The van der Waals surface area contributed by atoms with E-state index in [1.165, 1.54) is 21.7 Å². The lowest BCUT2D eigenvalue weighted by Crippen LogP contribution is -2.47. The molecule has 1 aromatic rings. The molecule has 0 N–H and O–H groups in total. The normalized spacial score (nSPS) is 17.4. The number of aryl methyl sites for hydroxylation is 2. The minimum atomic E-state index is -3.10. The lowest BCUT2D eigenvalue weighted by Gasteiger charge is -2.34. The second-order valence-corrected chi connectivity index (χ2v) is 8.47. The Balaban J connectivity index is 2.19. The molecule has 1 aromatic carbocycles. The van der Waals surface area contributed by atoms with Crippen LogP contribution in [0.3, 0.4) is 0 Å². The van der Waals surface area contributed by atoms with Crippen molar-refractivity contribution in [1.29, 1.82) is 0 Å². The average Bonchev–Trinajstić information content (AvgIpc) is 2.42. The minimum Gasteiger partial charge on any atom is -0.296 e. The molecule has 6 heteroatoms. The number of nitrogens with zero attached hydrogens (tertiary/aromatic N) is 2. The quantitative estimate of drug-likeness (QED) is 0.787. The lowest BCUT2D eigenvalue weighted by atomic mass is 9.91. The van der Waals surface area contributed by atoms with Crippen LogP contribution in [0.1, 0.15) is 39.5 Å². The van der Waals surface area contributed by atoms with E-state index in [1.54, 1.807) is 6.92 Å². The summed E-state index contributed by atoms with van der Waals surface area (Å²) < 4.78 is 24.7. The van der Waals surface area contributed by atoms with Crippen molar-refractivity contribution in [3.63, 3.8) is 0 Å². The second kappa shape index (κ2) is 6.71. The molecule has 0 radical (unpaired) electrons. The SMILES string of the molecule is CC(=O)c1c(C)cc(C)c(CN2CCN(S(C)(=O)=O)CC2)c1C. The number of hydrogen-bond acceptors (Lipinski definition) is 4. The van der Waals surface area contributed by atoms with E-state index in [2.05, 4.69) is 17.9 Å². The first-order chi connectivity index (χ1) is 10.6. The van der Waals surface area contributed by atoms with Gasteiger partial charge in [-0.2, -0.15) is 4.31 Å². The van der Waals surface area contributed by atoms with Gasteiger partial charge in [0, 0.05) is 38.3 Å². The lowest BCUT2D eigenvalue weighted by molar-refractivity contribution is 0.101. The third-order valence-corrected chi connectivity index (χ3v) is 5.97. The van der Waals surface area contributed by atoms with E-state index in [1.807, 2.05) is 13.8 Å². The Morgan fingerprint density at radius 2 is 1.65 bits per heavy atom. The van der Waals surface area contributed by atoms with Crippen LogP contribution in [0.25, 0.3) is 0 Å². The number of hydrogen-bond donors (Lipinski definition) is 0. The van der Waals surface area contributed by atoms with Gasteiger partial charge in [-0.15, -0.1) is 0 Å². The molecule has 1 aliphatic heterocycles. The number of rotatable bonds is 4. The van der Waals surface area contributed by atoms with E-state index < -0.39 is 10.0 Å². The van der Waals surface area contributed by atoms with Gasteiger partial charge in [-0.05, 0) is 49.9 Å². The zero-order valence-electron chi connectivity index (χ0n) is 14.6. The van der Waals surface area contributed by atoms with Crippen LogP contribution in [0.2, 0.25) is 0 Å². The standard InChI is InChI=1S/C17H26N2O3S/c1-12-10-13(2)17(15(4)20)14(3)16(12)11-18-6-8-19(9-7-18)23(5,21)22/h10H,6-9,11H2,1-5H3. The maximum Gasteiger partial charge on any atom is 0.211 e. The molecule has 0 amide bonds. The van der Waals surface area contributed by atoms with E-state index in [0.29, 0.717) is 13.1 Å². The first kappa shape index (κ1) is 18.1. The van der Waals surface area contributed by atoms with Crippen molar-refractivity contribution >= 4 is 15.8 Å². The third kappa shape index (κ3) is 4.00. The molecule has 0 unspecified atom stereocenters. The molecule has 23 heavy (non-hydrogen) atoms. The van der Waals surface area contributed by atoms with Gasteiger partial charge in [-0.3, -0.25) is 9.69 Å². The van der Waals surface area contributed by atoms with Gasteiger partial charge in [-0.25, -0.2) is 8.42 Å². The highest BCUT2D eigenvalue weighted by Gasteiger charge is 2.24. The first-order valence-corrected chi connectivity index (χ1v) is 9.74. The van der Waals surface area contributed by atoms with Crippen LogP contribution >= 0.6 is 0 Å². The van der Waals surface area contributed by atoms with Crippen molar-refractivity contribution < 1.29 is 13.2 Å². The van der Waals surface area contributed by atoms with Crippen molar-refractivity contribution in [2.45, 2.75) is 34.2 Å². The molecule has 1 fully saturated rings. The highest BCUT2D eigenvalue weighted by molar-refractivity contribution is 7.88. The van der Waals surface area contributed by atoms with Gasteiger partial charge in [0.1, 0.15) is 0 Å². The van der Waals surface area contributed by atoms with Crippen molar-refractivity contribution in [3.8, 4) is 0 Å². The number of Topliss-reactive ketones (excluding diaryl/α,β-unsaturated/α-hetero) is 1. The minimum absolute atomic E-state index is 0.100. The highest BCUT2D eigenvalue weighted by atomic mass is 32.2. The summed E-state index contributed by atoms with van der Waals surface area (Å²) in [7, 11) is -3.10. The molecule has 0 aliphatic carbocycles. The van der Waals surface area contributed by atoms with Crippen molar-refractivity contribution in [2.24, 2.45) is 0 Å². The highest BCUT2D eigenvalue weighted by Crippen LogP contribution is 2.24. The number of ketones is 1. The summed E-state index contributed by atoms with van der Waals surface area (Å²) in [5.41, 5.74) is 5.28. The number of piperazine rings is 1. The Hall–Kier alpha value is -1.24. The Morgan fingerprint density at radius 3 is 2.13 bits per heavy atom.